The lowest BCUT2D eigenvalue weighted by molar-refractivity contribution is 0.0942. The van der Waals surface area contributed by atoms with Gasteiger partial charge in [0.15, 0.2) is 5.69 Å². The lowest BCUT2D eigenvalue weighted by atomic mass is 10.0. The number of nitrogens with zero attached hydrogens (tertiary/aromatic N) is 2. The Bertz CT molecular complexity index is 932. The Labute approximate surface area is 183 Å². The molecule has 0 spiro atoms. The Kier molecular flexibility index (Phi) is 7.89. The zero-order valence-corrected chi connectivity index (χ0v) is 18.6. The van der Waals surface area contributed by atoms with Crippen LogP contribution < -0.4 is 10.1 Å². The molecule has 0 bridgehead atoms. The molecule has 2 heterocycles. The number of hydrogen-bond acceptors (Lipinski definition) is 6. The van der Waals surface area contributed by atoms with E-state index < -0.39 is 0 Å². The van der Waals surface area contributed by atoms with Gasteiger partial charge in [-0.3, -0.25) is 9.69 Å². The number of amides is 1. The fraction of sp³-hybridized carbons (Fsp3) is 0.417. The Morgan fingerprint density at radius 2 is 1.90 bits per heavy atom. The van der Waals surface area contributed by atoms with Gasteiger partial charge >= 0.3 is 0 Å². The van der Waals surface area contributed by atoms with E-state index in [1.165, 1.54) is 11.8 Å². The molecule has 3 rings (SSSR count). The van der Waals surface area contributed by atoms with Crippen LogP contribution in [0.25, 0.3) is 0 Å². The third-order valence-electron chi connectivity index (χ3n) is 5.29. The second-order valence-corrected chi connectivity index (χ2v) is 7.86. The van der Waals surface area contributed by atoms with E-state index in [1.54, 1.807) is 18.4 Å². The van der Waals surface area contributed by atoms with Crippen LogP contribution in [0.3, 0.4) is 0 Å². The summed E-state index contributed by atoms with van der Waals surface area (Å²) in [5.41, 5.74) is 1.44. The summed E-state index contributed by atoms with van der Waals surface area (Å²) in [6.07, 6.45) is 2.98. The Morgan fingerprint density at radius 1 is 1.13 bits per heavy atom. The predicted molar refractivity (Wildman–Crippen MR) is 118 cm³/mol. The van der Waals surface area contributed by atoms with Crippen molar-refractivity contribution in [3.8, 4) is 5.75 Å². The summed E-state index contributed by atoms with van der Waals surface area (Å²) >= 11 is 0. The summed E-state index contributed by atoms with van der Waals surface area (Å²) in [5.74, 6) is 2.23. The first-order valence-corrected chi connectivity index (χ1v) is 10.7. The second-order valence-electron chi connectivity index (χ2n) is 7.86. The van der Waals surface area contributed by atoms with Crippen molar-refractivity contribution >= 4 is 5.91 Å². The summed E-state index contributed by atoms with van der Waals surface area (Å²) in [7, 11) is 0. The van der Waals surface area contributed by atoms with Gasteiger partial charge in [-0.2, -0.15) is 0 Å². The maximum atomic E-state index is 12.4. The largest absolute Gasteiger partial charge is 0.494 e. The first kappa shape index (κ1) is 22.6. The zero-order valence-electron chi connectivity index (χ0n) is 18.6. The van der Waals surface area contributed by atoms with Crippen LogP contribution >= 0.6 is 0 Å². The summed E-state index contributed by atoms with van der Waals surface area (Å²) in [4.78, 5) is 19.1. The summed E-state index contributed by atoms with van der Waals surface area (Å²) in [6, 6.07) is 12.0. The van der Waals surface area contributed by atoms with Gasteiger partial charge in [-0.25, -0.2) is 4.98 Å². The highest BCUT2D eigenvalue weighted by Gasteiger charge is 2.21. The summed E-state index contributed by atoms with van der Waals surface area (Å²) in [6.45, 7) is 10.8. The van der Waals surface area contributed by atoms with Crippen molar-refractivity contribution in [1.82, 2.24) is 15.2 Å². The van der Waals surface area contributed by atoms with Crippen LogP contribution in [0.1, 0.15) is 55.4 Å². The molecule has 0 saturated heterocycles. The smallest absolute Gasteiger partial charge is 0.273 e. The van der Waals surface area contributed by atoms with Crippen molar-refractivity contribution in [3.05, 3.63) is 71.8 Å². The Morgan fingerprint density at radius 3 is 2.55 bits per heavy atom. The van der Waals surface area contributed by atoms with Gasteiger partial charge in [0.25, 0.3) is 5.91 Å². The van der Waals surface area contributed by atoms with E-state index in [9.17, 15) is 4.79 Å². The molecule has 7 heteroatoms. The van der Waals surface area contributed by atoms with Crippen LogP contribution in [-0.2, 0) is 19.6 Å². The average molecular weight is 426 g/mol. The van der Waals surface area contributed by atoms with E-state index in [4.69, 9.17) is 13.6 Å². The van der Waals surface area contributed by atoms with E-state index >= 15 is 0 Å². The maximum absolute atomic E-state index is 12.4. The molecule has 1 atom stereocenters. The number of rotatable bonds is 11. The average Bonchev–Trinajstić information content (AvgIpc) is 3.44. The molecule has 0 saturated carbocycles. The van der Waals surface area contributed by atoms with E-state index in [2.05, 4.69) is 48.1 Å². The number of carbonyl (C=O) groups excluding carboxylic acids is 1. The standard InChI is InChI=1S/C24H31N3O4/c1-5-29-20-10-8-19(9-11-20)14-27(18(4)17(2)3)15-23-26-22(16-31-23)24(28)25-13-21-7-6-12-30-21/h6-12,16-18H,5,13-15H2,1-4H3,(H,25,28)/t18-/m0/s1. The first-order chi connectivity index (χ1) is 15.0. The van der Waals surface area contributed by atoms with Crippen LogP contribution in [0.4, 0.5) is 0 Å². The van der Waals surface area contributed by atoms with Crippen LogP contribution in [0, 0.1) is 5.92 Å². The number of oxazole rings is 1. The lowest BCUT2D eigenvalue weighted by Crippen LogP contribution is -2.36. The van der Waals surface area contributed by atoms with Crippen LogP contribution in [0.2, 0.25) is 0 Å². The van der Waals surface area contributed by atoms with Crippen molar-refractivity contribution in [2.24, 2.45) is 5.92 Å². The van der Waals surface area contributed by atoms with Crippen LogP contribution in [-0.4, -0.2) is 28.4 Å². The van der Waals surface area contributed by atoms with E-state index in [-0.39, 0.29) is 11.6 Å². The molecule has 0 aliphatic carbocycles. The number of carbonyl (C=O) groups is 1. The van der Waals surface area contributed by atoms with Gasteiger partial charge in [-0.1, -0.05) is 26.0 Å². The minimum atomic E-state index is -0.290. The van der Waals surface area contributed by atoms with Crippen molar-refractivity contribution in [2.75, 3.05) is 6.61 Å². The number of ether oxygens (including phenoxy) is 1. The van der Waals surface area contributed by atoms with Gasteiger partial charge in [0.05, 0.1) is 26.0 Å². The highest BCUT2D eigenvalue weighted by molar-refractivity contribution is 5.91. The predicted octanol–water partition coefficient (Wildman–Crippen LogP) is 4.64. The molecule has 31 heavy (non-hydrogen) atoms. The number of benzene rings is 1. The van der Waals surface area contributed by atoms with Gasteiger partial charge in [-0.05, 0) is 49.6 Å². The molecular weight excluding hydrogens is 394 g/mol. The van der Waals surface area contributed by atoms with E-state index in [0.29, 0.717) is 43.3 Å². The second kappa shape index (κ2) is 10.8. The van der Waals surface area contributed by atoms with Gasteiger partial charge in [0.1, 0.15) is 17.8 Å². The molecule has 1 N–H and O–H groups in total. The topological polar surface area (TPSA) is 80.7 Å². The summed E-state index contributed by atoms with van der Waals surface area (Å²) < 4.78 is 16.4. The third kappa shape index (κ3) is 6.46. The van der Waals surface area contributed by atoms with Crippen molar-refractivity contribution in [2.45, 2.75) is 53.4 Å². The number of nitrogens with one attached hydrogen (secondary N) is 1. The number of furan rings is 1. The molecule has 2 aromatic heterocycles. The van der Waals surface area contributed by atoms with E-state index in [1.807, 2.05) is 19.1 Å². The molecule has 0 aliphatic heterocycles. The maximum Gasteiger partial charge on any atom is 0.273 e. The molecular formula is C24H31N3O4. The van der Waals surface area contributed by atoms with Gasteiger partial charge < -0.3 is 18.9 Å². The fourth-order valence-corrected chi connectivity index (χ4v) is 3.19. The molecule has 0 unspecified atom stereocenters. The molecule has 166 valence electrons. The van der Waals surface area contributed by atoms with Crippen LogP contribution in [0.5, 0.6) is 5.75 Å². The van der Waals surface area contributed by atoms with Gasteiger partial charge in [-0.15, -0.1) is 0 Å². The molecule has 0 radical (unpaired) electrons. The monoisotopic (exact) mass is 425 g/mol. The number of hydrogen-bond donors (Lipinski definition) is 1. The highest BCUT2D eigenvalue weighted by Crippen LogP contribution is 2.20. The highest BCUT2D eigenvalue weighted by atomic mass is 16.5. The molecule has 7 nitrogen and oxygen atoms in total. The molecule has 3 aromatic rings. The van der Waals surface area contributed by atoms with Crippen molar-refractivity contribution in [1.29, 1.82) is 0 Å². The van der Waals surface area contributed by atoms with Gasteiger partial charge in [0, 0.05) is 12.6 Å². The molecule has 0 fully saturated rings. The molecule has 0 aliphatic rings. The Balaban J connectivity index is 1.64. The molecule has 1 aromatic carbocycles. The van der Waals surface area contributed by atoms with E-state index in [0.717, 1.165) is 12.3 Å². The Hall–Kier alpha value is -3.06. The SMILES string of the molecule is CCOc1ccc(CN(Cc2nc(C(=O)NCc3ccco3)co2)[C@@H](C)C(C)C)cc1. The van der Waals surface area contributed by atoms with Crippen LogP contribution in [0.15, 0.2) is 57.8 Å². The number of aromatic nitrogens is 1. The van der Waals surface area contributed by atoms with Crippen molar-refractivity contribution < 1.29 is 18.4 Å². The third-order valence-corrected chi connectivity index (χ3v) is 5.29. The first-order valence-electron chi connectivity index (χ1n) is 10.7. The summed E-state index contributed by atoms with van der Waals surface area (Å²) in [5, 5.41) is 2.78. The normalized spacial score (nSPS) is 12.3. The minimum Gasteiger partial charge on any atom is -0.494 e. The lowest BCUT2D eigenvalue weighted by Gasteiger charge is -2.30. The quantitative estimate of drug-likeness (QED) is 0.482. The minimum absolute atomic E-state index is 0.264. The zero-order chi connectivity index (χ0) is 22.2. The fourth-order valence-electron chi connectivity index (χ4n) is 3.19. The van der Waals surface area contributed by atoms with Gasteiger partial charge in [0.2, 0.25) is 5.89 Å². The molecule has 1 amide bonds. The van der Waals surface area contributed by atoms with Crippen molar-refractivity contribution in [3.63, 3.8) is 0 Å².